The number of hydrogen-bond acceptors (Lipinski definition) is 4. The number of anilines is 1. The first kappa shape index (κ1) is 13.4. The summed E-state index contributed by atoms with van der Waals surface area (Å²) in [6.07, 6.45) is 0. The summed E-state index contributed by atoms with van der Waals surface area (Å²) in [5.74, 6) is 0.195. The minimum Gasteiger partial charge on any atom is -0.394 e. The lowest BCUT2D eigenvalue weighted by Gasteiger charge is -2.21. The maximum atomic E-state index is 11.0. The summed E-state index contributed by atoms with van der Waals surface area (Å²) in [5.41, 5.74) is 1.15. The number of hydrogen-bond donors (Lipinski definition) is 2. The molecule has 2 N–H and O–H groups in total. The van der Waals surface area contributed by atoms with Crippen LogP contribution in [0.2, 0.25) is 0 Å². The Labute approximate surface area is 101 Å². The minimum atomic E-state index is -0.396. The summed E-state index contributed by atoms with van der Waals surface area (Å²) >= 11 is 0. The summed E-state index contributed by atoms with van der Waals surface area (Å²) in [6, 6.07) is 4.94. The lowest BCUT2D eigenvalue weighted by atomic mass is 10.0. The molecule has 94 valence electrons. The van der Waals surface area contributed by atoms with Gasteiger partial charge >= 0.3 is 0 Å². The maximum absolute atomic E-state index is 11.0. The molecule has 0 bridgehead atoms. The molecule has 0 aliphatic rings. The fourth-order valence-electron chi connectivity index (χ4n) is 1.64. The zero-order valence-electron chi connectivity index (χ0n) is 10.3. The Morgan fingerprint density at radius 2 is 2.12 bits per heavy atom. The van der Waals surface area contributed by atoms with Crippen LogP contribution in [0.1, 0.15) is 19.4 Å². The third-order valence-electron chi connectivity index (χ3n) is 2.76. The van der Waals surface area contributed by atoms with E-state index in [9.17, 15) is 15.2 Å². The smallest absolute Gasteiger partial charge is 0.295 e. The van der Waals surface area contributed by atoms with Gasteiger partial charge in [0.25, 0.3) is 5.69 Å². The highest BCUT2D eigenvalue weighted by atomic mass is 16.6. The molecule has 5 nitrogen and oxygen atoms in total. The van der Waals surface area contributed by atoms with E-state index in [-0.39, 0.29) is 24.3 Å². The molecule has 1 unspecified atom stereocenters. The van der Waals surface area contributed by atoms with Crippen molar-refractivity contribution in [2.75, 3.05) is 11.9 Å². The van der Waals surface area contributed by atoms with Crippen molar-refractivity contribution in [3.05, 3.63) is 33.9 Å². The average Bonchev–Trinajstić information content (AvgIpc) is 2.24. The quantitative estimate of drug-likeness (QED) is 0.609. The molecule has 0 aromatic heterocycles. The second-order valence-electron chi connectivity index (χ2n) is 4.41. The molecule has 1 atom stereocenters. The zero-order chi connectivity index (χ0) is 13.0. The molecular weight excluding hydrogens is 220 g/mol. The van der Waals surface area contributed by atoms with Crippen LogP contribution >= 0.6 is 0 Å². The van der Waals surface area contributed by atoms with Gasteiger partial charge in [-0.15, -0.1) is 0 Å². The van der Waals surface area contributed by atoms with Crippen LogP contribution in [0.5, 0.6) is 0 Å². The van der Waals surface area contributed by atoms with E-state index < -0.39 is 4.92 Å². The van der Waals surface area contributed by atoms with Gasteiger partial charge in [0.15, 0.2) is 0 Å². The van der Waals surface area contributed by atoms with Gasteiger partial charge in [-0.2, -0.15) is 0 Å². The van der Waals surface area contributed by atoms with Gasteiger partial charge in [-0.1, -0.05) is 26.0 Å². The maximum Gasteiger partial charge on any atom is 0.295 e. The average molecular weight is 238 g/mol. The monoisotopic (exact) mass is 238 g/mol. The normalized spacial score (nSPS) is 12.5. The number of nitro benzene ring substituents is 1. The molecule has 5 heteroatoms. The first-order valence-corrected chi connectivity index (χ1v) is 5.58. The number of benzene rings is 1. The van der Waals surface area contributed by atoms with E-state index in [1.54, 1.807) is 25.1 Å². The molecule has 0 amide bonds. The molecule has 0 fully saturated rings. The number of nitrogens with one attached hydrogen (secondary N) is 1. The molecule has 0 radical (unpaired) electrons. The number of aryl methyl sites for hydroxylation is 1. The predicted molar refractivity (Wildman–Crippen MR) is 67.2 cm³/mol. The van der Waals surface area contributed by atoms with Crippen molar-refractivity contribution in [2.45, 2.75) is 26.8 Å². The summed E-state index contributed by atoms with van der Waals surface area (Å²) in [4.78, 5) is 10.6. The van der Waals surface area contributed by atoms with Crippen molar-refractivity contribution in [3.63, 3.8) is 0 Å². The number of aliphatic hydroxyl groups is 1. The minimum absolute atomic E-state index is 0.0528. The fraction of sp³-hybridized carbons (Fsp3) is 0.500. The lowest BCUT2D eigenvalue weighted by molar-refractivity contribution is -0.384. The van der Waals surface area contributed by atoms with E-state index in [1.165, 1.54) is 0 Å². The van der Waals surface area contributed by atoms with Crippen LogP contribution in [0.4, 0.5) is 11.4 Å². The van der Waals surface area contributed by atoms with Crippen LogP contribution in [0, 0.1) is 23.0 Å². The van der Waals surface area contributed by atoms with Gasteiger partial charge in [-0.05, 0) is 18.9 Å². The molecule has 17 heavy (non-hydrogen) atoms. The SMILES string of the molecule is Cc1cccc(NC(CO)C(C)C)c1[N+](=O)[O-]. The molecule has 1 aromatic rings. The Morgan fingerprint density at radius 1 is 1.47 bits per heavy atom. The van der Waals surface area contributed by atoms with E-state index in [2.05, 4.69) is 5.32 Å². The second kappa shape index (κ2) is 5.63. The van der Waals surface area contributed by atoms with Gasteiger partial charge in [0.05, 0.1) is 17.6 Å². The van der Waals surface area contributed by atoms with E-state index in [0.717, 1.165) is 0 Å². The number of para-hydroxylation sites is 1. The van der Waals surface area contributed by atoms with Crippen molar-refractivity contribution >= 4 is 11.4 Å². The van der Waals surface area contributed by atoms with E-state index in [1.807, 2.05) is 13.8 Å². The van der Waals surface area contributed by atoms with Crippen LogP contribution in [0.25, 0.3) is 0 Å². The molecule has 0 aliphatic heterocycles. The fourth-order valence-corrected chi connectivity index (χ4v) is 1.64. The van der Waals surface area contributed by atoms with Crippen LogP contribution < -0.4 is 5.32 Å². The number of aliphatic hydroxyl groups excluding tert-OH is 1. The summed E-state index contributed by atoms with van der Waals surface area (Å²) < 4.78 is 0. The first-order chi connectivity index (χ1) is 7.97. The summed E-state index contributed by atoms with van der Waals surface area (Å²) in [5, 5.41) is 23.2. The van der Waals surface area contributed by atoms with Crippen molar-refractivity contribution < 1.29 is 10.0 Å². The van der Waals surface area contributed by atoms with E-state index >= 15 is 0 Å². The molecular formula is C12H18N2O3. The number of rotatable bonds is 5. The molecule has 0 saturated carbocycles. The molecule has 0 spiro atoms. The van der Waals surface area contributed by atoms with E-state index in [4.69, 9.17) is 0 Å². The predicted octanol–water partition coefficient (Wildman–Crippen LogP) is 2.33. The Bertz CT molecular complexity index is 405. The molecule has 0 heterocycles. The Morgan fingerprint density at radius 3 is 2.59 bits per heavy atom. The lowest BCUT2D eigenvalue weighted by Crippen LogP contribution is -2.29. The van der Waals surface area contributed by atoms with Crippen molar-refractivity contribution in [3.8, 4) is 0 Å². The topological polar surface area (TPSA) is 75.4 Å². The van der Waals surface area contributed by atoms with Crippen molar-refractivity contribution in [1.29, 1.82) is 0 Å². The molecule has 1 aromatic carbocycles. The van der Waals surface area contributed by atoms with Gasteiger partial charge in [0, 0.05) is 5.56 Å². The number of nitrogens with zero attached hydrogens (tertiary/aromatic N) is 1. The number of nitro groups is 1. The van der Waals surface area contributed by atoms with Gasteiger partial charge in [0.1, 0.15) is 5.69 Å². The standard InChI is InChI=1S/C12H18N2O3/c1-8(2)11(7-15)13-10-6-4-5-9(3)12(10)14(16)17/h4-6,8,11,13,15H,7H2,1-3H3. The third kappa shape index (κ3) is 3.17. The highest BCUT2D eigenvalue weighted by Crippen LogP contribution is 2.29. The summed E-state index contributed by atoms with van der Waals surface area (Å²) in [7, 11) is 0. The second-order valence-corrected chi connectivity index (χ2v) is 4.41. The van der Waals surface area contributed by atoms with Crippen LogP contribution in [-0.4, -0.2) is 22.7 Å². The van der Waals surface area contributed by atoms with Crippen molar-refractivity contribution in [2.24, 2.45) is 5.92 Å². The molecule has 0 saturated heterocycles. The Kier molecular flexibility index (Phi) is 4.45. The molecule has 1 rings (SSSR count). The largest absolute Gasteiger partial charge is 0.394 e. The Balaban J connectivity index is 3.05. The van der Waals surface area contributed by atoms with Crippen LogP contribution in [0.3, 0.4) is 0 Å². The first-order valence-electron chi connectivity index (χ1n) is 5.58. The van der Waals surface area contributed by atoms with Gasteiger partial charge in [0.2, 0.25) is 0 Å². The van der Waals surface area contributed by atoms with Crippen LogP contribution in [-0.2, 0) is 0 Å². The Hall–Kier alpha value is -1.62. The summed E-state index contributed by atoms with van der Waals surface area (Å²) in [6.45, 7) is 5.56. The van der Waals surface area contributed by atoms with Crippen molar-refractivity contribution in [1.82, 2.24) is 0 Å². The van der Waals surface area contributed by atoms with Gasteiger partial charge in [-0.25, -0.2) is 0 Å². The zero-order valence-corrected chi connectivity index (χ0v) is 10.3. The van der Waals surface area contributed by atoms with Gasteiger partial charge in [-0.3, -0.25) is 10.1 Å². The molecule has 0 aliphatic carbocycles. The van der Waals surface area contributed by atoms with Gasteiger partial charge < -0.3 is 10.4 Å². The highest BCUT2D eigenvalue weighted by molar-refractivity contribution is 5.65. The highest BCUT2D eigenvalue weighted by Gasteiger charge is 2.20. The third-order valence-corrected chi connectivity index (χ3v) is 2.76. The van der Waals surface area contributed by atoms with Crippen LogP contribution in [0.15, 0.2) is 18.2 Å². The van der Waals surface area contributed by atoms with E-state index in [0.29, 0.717) is 11.3 Å².